The van der Waals surface area contributed by atoms with E-state index in [2.05, 4.69) is 19.2 Å². The van der Waals surface area contributed by atoms with Gasteiger partial charge in [-0.15, -0.1) is 0 Å². The zero-order valence-corrected chi connectivity index (χ0v) is 9.88. The molecule has 14 heavy (non-hydrogen) atoms. The Morgan fingerprint density at radius 1 is 1.36 bits per heavy atom. The molecule has 1 aliphatic rings. The van der Waals surface area contributed by atoms with Gasteiger partial charge in [-0.1, -0.05) is 13.8 Å². The van der Waals surface area contributed by atoms with Crippen molar-refractivity contribution in [3.63, 3.8) is 0 Å². The molecule has 2 atom stereocenters. The lowest BCUT2D eigenvalue weighted by Crippen LogP contribution is -2.28. The standard InChI is InChI=1S/C12H25NO/c1-10(2)5-4-8-13-11-6-7-12(9-11)14-3/h10-13H,4-9H2,1-3H3. The van der Waals surface area contributed by atoms with Crippen molar-refractivity contribution in [1.29, 1.82) is 0 Å². The molecular weight excluding hydrogens is 174 g/mol. The van der Waals surface area contributed by atoms with E-state index in [0.29, 0.717) is 12.1 Å². The number of hydrogen-bond acceptors (Lipinski definition) is 2. The molecule has 1 N–H and O–H groups in total. The van der Waals surface area contributed by atoms with E-state index in [9.17, 15) is 0 Å². The second-order valence-corrected chi connectivity index (χ2v) is 4.86. The molecule has 1 fully saturated rings. The predicted octanol–water partition coefficient (Wildman–Crippen LogP) is 2.58. The molecule has 0 spiro atoms. The highest BCUT2D eigenvalue weighted by Crippen LogP contribution is 2.21. The van der Waals surface area contributed by atoms with Crippen molar-refractivity contribution in [1.82, 2.24) is 5.32 Å². The van der Waals surface area contributed by atoms with Crippen LogP contribution in [0.25, 0.3) is 0 Å². The largest absolute Gasteiger partial charge is 0.381 e. The highest BCUT2D eigenvalue weighted by molar-refractivity contribution is 4.80. The fourth-order valence-electron chi connectivity index (χ4n) is 2.16. The summed E-state index contributed by atoms with van der Waals surface area (Å²) in [4.78, 5) is 0. The second kappa shape index (κ2) is 6.41. The number of methoxy groups -OCH3 is 1. The first-order valence-corrected chi connectivity index (χ1v) is 5.98. The third-order valence-corrected chi connectivity index (χ3v) is 3.11. The lowest BCUT2D eigenvalue weighted by molar-refractivity contribution is 0.107. The molecule has 2 nitrogen and oxygen atoms in total. The van der Waals surface area contributed by atoms with Gasteiger partial charge in [-0.2, -0.15) is 0 Å². The topological polar surface area (TPSA) is 21.3 Å². The summed E-state index contributed by atoms with van der Waals surface area (Å²) in [7, 11) is 1.83. The van der Waals surface area contributed by atoms with Crippen LogP contribution < -0.4 is 5.32 Å². The van der Waals surface area contributed by atoms with Crippen molar-refractivity contribution in [2.24, 2.45) is 5.92 Å². The normalized spacial score (nSPS) is 27.4. The summed E-state index contributed by atoms with van der Waals surface area (Å²) in [6.07, 6.45) is 6.90. The van der Waals surface area contributed by atoms with Gasteiger partial charge in [0.1, 0.15) is 0 Å². The predicted molar refractivity (Wildman–Crippen MR) is 60.5 cm³/mol. The molecule has 2 heteroatoms. The quantitative estimate of drug-likeness (QED) is 0.664. The average Bonchev–Trinajstić information content (AvgIpc) is 2.60. The number of nitrogens with one attached hydrogen (secondary N) is 1. The van der Waals surface area contributed by atoms with Gasteiger partial charge in [-0.3, -0.25) is 0 Å². The number of rotatable bonds is 6. The first-order valence-electron chi connectivity index (χ1n) is 5.98. The first kappa shape index (κ1) is 12.0. The summed E-state index contributed by atoms with van der Waals surface area (Å²) >= 11 is 0. The number of hydrogen-bond donors (Lipinski definition) is 1. The van der Waals surface area contributed by atoms with E-state index in [0.717, 1.165) is 5.92 Å². The molecule has 0 amide bonds. The van der Waals surface area contributed by atoms with E-state index in [1.54, 1.807) is 0 Å². The molecule has 0 aliphatic heterocycles. The first-order chi connectivity index (χ1) is 6.72. The van der Waals surface area contributed by atoms with Crippen LogP contribution in [0.2, 0.25) is 0 Å². The van der Waals surface area contributed by atoms with Crippen LogP contribution in [0.4, 0.5) is 0 Å². The van der Waals surface area contributed by atoms with E-state index in [1.165, 1.54) is 38.6 Å². The van der Waals surface area contributed by atoms with Crippen LogP contribution in [0.5, 0.6) is 0 Å². The summed E-state index contributed by atoms with van der Waals surface area (Å²) in [5.41, 5.74) is 0. The van der Waals surface area contributed by atoms with E-state index in [-0.39, 0.29) is 0 Å². The van der Waals surface area contributed by atoms with Crippen molar-refractivity contribution in [2.75, 3.05) is 13.7 Å². The summed E-state index contributed by atoms with van der Waals surface area (Å²) < 4.78 is 5.35. The zero-order valence-electron chi connectivity index (χ0n) is 9.88. The zero-order chi connectivity index (χ0) is 10.4. The molecule has 0 heterocycles. The van der Waals surface area contributed by atoms with Crippen LogP contribution in [0.15, 0.2) is 0 Å². The molecule has 0 aromatic heterocycles. The van der Waals surface area contributed by atoms with Crippen molar-refractivity contribution in [3.05, 3.63) is 0 Å². The van der Waals surface area contributed by atoms with Crippen LogP contribution in [0, 0.1) is 5.92 Å². The highest BCUT2D eigenvalue weighted by atomic mass is 16.5. The van der Waals surface area contributed by atoms with E-state index >= 15 is 0 Å². The summed E-state index contributed by atoms with van der Waals surface area (Å²) in [6.45, 7) is 5.76. The monoisotopic (exact) mass is 199 g/mol. The lowest BCUT2D eigenvalue weighted by atomic mass is 10.1. The molecular formula is C12H25NO. The molecule has 0 aromatic carbocycles. The molecule has 0 radical (unpaired) electrons. The number of ether oxygens (including phenoxy) is 1. The third kappa shape index (κ3) is 4.43. The summed E-state index contributed by atoms with van der Waals surface area (Å²) in [5, 5.41) is 3.62. The average molecular weight is 199 g/mol. The maximum absolute atomic E-state index is 5.35. The Morgan fingerprint density at radius 3 is 2.71 bits per heavy atom. The van der Waals surface area contributed by atoms with Crippen LogP contribution in [0.1, 0.15) is 46.0 Å². The minimum atomic E-state index is 0.512. The Kier molecular flexibility index (Phi) is 5.49. The Morgan fingerprint density at radius 2 is 2.14 bits per heavy atom. The van der Waals surface area contributed by atoms with Gasteiger partial charge in [0.25, 0.3) is 0 Å². The summed E-state index contributed by atoms with van der Waals surface area (Å²) in [6, 6.07) is 0.715. The maximum Gasteiger partial charge on any atom is 0.0586 e. The van der Waals surface area contributed by atoms with Crippen molar-refractivity contribution in [3.8, 4) is 0 Å². The molecule has 1 aliphatic carbocycles. The van der Waals surface area contributed by atoms with E-state index < -0.39 is 0 Å². The summed E-state index contributed by atoms with van der Waals surface area (Å²) in [5.74, 6) is 0.840. The second-order valence-electron chi connectivity index (χ2n) is 4.86. The van der Waals surface area contributed by atoms with Gasteiger partial charge in [0.2, 0.25) is 0 Å². The van der Waals surface area contributed by atoms with Crippen molar-refractivity contribution in [2.45, 2.75) is 58.1 Å². The molecule has 0 saturated heterocycles. The molecule has 0 aromatic rings. The van der Waals surface area contributed by atoms with Crippen molar-refractivity contribution < 1.29 is 4.74 Å². The fourth-order valence-corrected chi connectivity index (χ4v) is 2.16. The van der Waals surface area contributed by atoms with Crippen molar-refractivity contribution >= 4 is 0 Å². The van der Waals surface area contributed by atoms with E-state index in [4.69, 9.17) is 4.74 Å². The van der Waals surface area contributed by atoms with E-state index in [1.807, 2.05) is 7.11 Å². The van der Waals surface area contributed by atoms with Gasteiger partial charge in [-0.25, -0.2) is 0 Å². The molecule has 1 saturated carbocycles. The van der Waals surface area contributed by atoms with Gasteiger partial charge >= 0.3 is 0 Å². The Hall–Kier alpha value is -0.0800. The van der Waals surface area contributed by atoms with Gasteiger partial charge < -0.3 is 10.1 Å². The van der Waals surface area contributed by atoms with Gasteiger partial charge in [0.15, 0.2) is 0 Å². The van der Waals surface area contributed by atoms with Crippen LogP contribution >= 0.6 is 0 Å². The Labute approximate surface area is 88.4 Å². The van der Waals surface area contributed by atoms with Gasteiger partial charge in [0.05, 0.1) is 6.10 Å². The smallest absolute Gasteiger partial charge is 0.0586 e. The van der Waals surface area contributed by atoms with Crippen LogP contribution in [-0.4, -0.2) is 25.8 Å². The molecule has 0 bridgehead atoms. The molecule has 84 valence electrons. The van der Waals surface area contributed by atoms with Crippen LogP contribution in [0.3, 0.4) is 0 Å². The van der Waals surface area contributed by atoms with Crippen LogP contribution in [-0.2, 0) is 4.74 Å². The highest BCUT2D eigenvalue weighted by Gasteiger charge is 2.23. The Bertz CT molecular complexity index is 147. The fraction of sp³-hybridized carbons (Fsp3) is 1.00. The third-order valence-electron chi connectivity index (χ3n) is 3.11. The minimum Gasteiger partial charge on any atom is -0.381 e. The minimum absolute atomic E-state index is 0.512. The molecule has 2 unspecified atom stereocenters. The van der Waals surface area contributed by atoms with Gasteiger partial charge in [0, 0.05) is 13.2 Å². The molecule has 1 rings (SSSR count). The lowest BCUT2D eigenvalue weighted by Gasteiger charge is -2.13. The Balaban J connectivity index is 1.97. The SMILES string of the molecule is COC1CCC(NCCCC(C)C)C1. The maximum atomic E-state index is 5.35. The van der Waals surface area contributed by atoms with Gasteiger partial charge in [-0.05, 0) is 44.6 Å².